The lowest BCUT2D eigenvalue weighted by Crippen LogP contribution is -2.47. The lowest BCUT2D eigenvalue weighted by Gasteiger charge is -2.16. The molecule has 1 atom stereocenters. The van der Waals surface area contributed by atoms with E-state index >= 15 is 0 Å². The standard InChI is InChI=1S/C24H27N3O5S/c1-5-30-18-10-12-19(13-11-18)31-17(4)23(28)25-26-24(29)20-8-6-7-9-22(20)33-14-21-15(2)27-32-16(21)3/h6-13,17H,5,14H2,1-4H3,(H,25,28)(H,26,29). The number of hydrazine groups is 1. The van der Waals surface area contributed by atoms with Crippen LogP contribution in [-0.2, 0) is 10.5 Å². The highest BCUT2D eigenvalue weighted by molar-refractivity contribution is 7.98. The molecule has 1 aromatic heterocycles. The van der Waals surface area contributed by atoms with Gasteiger partial charge in [-0.2, -0.15) is 0 Å². The zero-order valence-corrected chi connectivity index (χ0v) is 19.8. The fourth-order valence-electron chi connectivity index (χ4n) is 2.96. The molecule has 0 aliphatic carbocycles. The number of rotatable bonds is 9. The Morgan fingerprint density at radius 3 is 2.42 bits per heavy atom. The third-order valence-corrected chi connectivity index (χ3v) is 5.90. The molecular formula is C24H27N3O5S. The lowest BCUT2D eigenvalue weighted by molar-refractivity contribution is -0.128. The maximum atomic E-state index is 12.7. The van der Waals surface area contributed by atoms with E-state index in [-0.39, 0.29) is 0 Å². The molecular weight excluding hydrogens is 442 g/mol. The van der Waals surface area contributed by atoms with Gasteiger partial charge in [-0.15, -0.1) is 11.8 Å². The van der Waals surface area contributed by atoms with Gasteiger partial charge in [0.25, 0.3) is 11.8 Å². The van der Waals surface area contributed by atoms with Crippen LogP contribution in [0.15, 0.2) is 57.9 Å². The molecule has 2 amide bonds. The number of amides is 2. The van der Waals surface area contributed by atoms with E-state index in [9.17, 15) is 9.59 Å². The van der Waals surface area contributed by atoms with Gasteiger partial charge >= 0.3 is 0 Å². The minimum absolute atomic E-state index is 0.418. The Morgan fingerprint density at radius 1 is 1.06 bits per heavy atom. The molecule has 2 aromatic carbocycles. The number of hydrogen-bond acceptors (Lipinski definition) is 7. The molecule has 0 saturated carbocycles. The van der Waals surface area contributed by atoms with E-state index in [1.165, 1.54) is 11.8 Å². The molecule has 0 aliphatic heterocycles. The predicted molar refractivity (Wildman–Crippen MR) is 125 cm³/mol. The smallest absolute Gasteiger partial charge is 0.279 e. The van der Waals surface area contributed by atoms with Crippen molar-refractivity contribution in [2.45, 2.75) is 44.4 Å². The summed E-state index contributed by atoms with van der Waals surface area (Å²) in [6.45, 7) is 7.82. The summed E-state index contributed by atoms with van der Waals surface area (Å²) in [7, 11) is 0. The van der Waals surface area contributed by atoms with Crippen LogP contribution in [0.5, 0.6) is 11.5 Å². The average molecular weight is 470 g/mol. The van der Waals surface area contributed by atoms with Gasteiger partial charge in [-0.3, -0.25) is 20.4 Å². The quantitative estimate of drug-likeness (QED) is 0.357. The van der Waals surface area contributed by atoms with E-state index in [4.69, 9.17) is 14.0 Å². The largest absolute Gasteiger partial charge is 0.494 e. The van der Waals surface area contributed by atoms with Gasteiger partial charge in [-0.25, -0.2) is 0 Å². The maximum absolute atomic E-state index is 12.7. The van der Waals surface area contributed by atoms with Crippen LogP contribution in [0.2, 0.25) is 0 Å². The SMILES string of the molecule is CCOc1ccc(OC(C)C(=O)NNC(=O)c2ccccc2SCc2c(C)noc2C)cc1. The van der Waals surface area contributed by atoms with Crippen LogP contribution in [0.25, 0.3) is 0 Å². The number of nitrogens with one attached hydrogen (secondary N) is 2. The summed E-state index contributed by atoms with van der Waals surface area (Å²) in [6.07, 6.45) is -0.813. The number of benzene rings is 2. The van der Waals surface area contributed by atoms with Gasteiger partial charge in [0.2, 0.25) is 0 Å². The summed E-state index contributed by atoms with van der Waals surface area (Å²) in [5.41, 5.74) is 7.18. The first-order valence-corrected chi connectivity index (χ1v) is 11.5. The Kier molecular flexibility index (Phi) is 8.37. The molecule has 0 aliphatic rings. The van der Waals surface area contributed by atoms with Crippen molar-refractivity contribution in [3.05, 3.63) is 71.1 Å². The first kappa shape index (κ1) is 24.2. The second-order valence-electron chi connectivity index (χ2n) is 7.20. The van der Waals surface area contributed by atoms with E-state index in [1.54, 1.807) is 43.3 Å². The van der Waals surface area contributed by atoms with E-state index < -0.39 is 17.9 Å². The Hall–Kier alpha value is -3.46. The Morgan fingerprint density at radius 2 is 1.76 bits per heavy atom. The van der Waals surface area contributed by atoms with E-state index in [2.05, 4.69) is 16.0 Å². The van der Waals surface area contributed by atoms with Gasteiger partial charge in [-0.05, 0) is 64.1 Å². The second kappa shape index (κ2) is 11.4. The van der Waals surface area contributed by atoms with Crippen molar-refractivity contribution in [3.63, 3.8) is 0 Å². The molecule has 0 bridgehead atoms. The van der Waals surface area contributed by atoms with Gasteiger partial charge in [-0.1, -0.05) is 17.3 Å². The van der Waals surface area contributed by atoms with Crippen molar-refractivity contribution in [3.8, 4) is 11.5 Å². The van der Waals surface area contributed by atoms with Crippen molar-refractivity contribution >= 4 is 23.6 Å². The molecule has 8 nitrogen and oxygen atoms in total. The van der Waals surface area contributed by atoms with Crippen LogP contribution in [0.4, 0.5) is 0 Å². The first-order chi connectivity index (χ1) is 15.9. The highest BCUT2D eigenvalue weighted by atomic mass is 32.2. The van der Waals surface area contributed by atoms with Gasteiger partial charge in [0.1, 0.15) is 17.3 Å². The molecule has 2 N–H and O–H groups in total. The number of ether oxygens (including phenoxy) is 2. The average Bonchev–Trinajstić information content (AvgIpc) is 3.14. The third kappa shape index (κ3) is 6.52. The van der Waals surface area contributed by atoms with Crippen molar-refractivity contribution in [2.24, 2.45) is 0 Å². The molecule has 0 fully saturated rings. The Labute approximate surface area is 197 Å². The number of aryl methyl sites for hydroxylation is 2. The van der Waals surface area contributed by atoms with Crippen LogP contribution in [-0.4, -0.2) is 29.7 Å². The van der Waals surface area contributed by atoms with E-state index in [0.29, 0.717) is 23.7 Å². The van der Waals surface area contributed by atoms with E-state index in [1.807, 2.05) is 32.9 Å². The highest BCUT2D eigenvalue weighted by Crippen LogP contribution is 2.28. The lowest BCUT2D eigenvalue weighted by atomic mass is 10.2. The fourth-order valence-corrected chi connectivity index (χ4v) is 4.17. The van der Waals surface area contributed by atoms with Crippen LogP contribution in [0.3, 0.4) is 0 Å². The Balaban J connectivity index is 1.55. The number of carbonyl (C=O) groups excluding carboxylic acids is 2. The summed E-state index contributed by atoms with van der Waals surface area (Å²) < 4.78 is 16.2. The summed E-state index contributed by atoms with van der Waals surface area (Å²) in [5.74, 6) is 1.73. The zero-order valence-electron chi connectivity index (χ0n) is 19.0. The molecule has 0 saturated heterocycles. The van der Waals surface area contributed by atoms with Crippen molar-refractivity contribution in [2.75, 3.05) is 6.61 Å². The van der Waals surface area contributed by atoms with Crippen molar-refractivity contribution in [1.82, 2.24) is 16.0 Å². The minimum atomic E-state index is -0.813. The molecule has 3 aromatic rings. The maximum Gasteiger partial charge on any atom is 0.279 e. The molecule has 3 rings (SSSR count). The van der Waals surface area contributed by atoms with Gasteiger partial charge < -0.3 is 14.0 Å². The van der Waals surface area contributed by atoms with Crippen molar-refractivity contribution < 1.29 is 23.6 Å². The fraction of sp³-hybridized carbons (Fsp3) is 0.292. The van der Waals surface area contributed by atoms with Crippen molar-refractivity contribution in [1.29, 1.82) is 0 Å². The van der Waals surface area contributed by atoms with Crippen LogP contribution in [0, 0.1) is 13.8 Å². The molecule has 1 unspecified atom stereocenters. The van der Waals surface area contributed by atoms with Crippen LogP contribution < -0.4 is 20.3 Å². The first-order valence-electron chi connectivity index (χ1n) is 10.5. The summed E-state index contributed by atoms with van der Waals surface area (Å²) >= 11 is 1.50. The van der Waals surface area contributed by atoms with Gasteiger partial charge in [0.15, 0.2) is 6.10 Å². The number of carbonyl (C=O) groups is 2. The number of aromatic nitrogens is 1. The molecule has 1 heterocycles. The summed E-state index contributed by atoms with van der Waals surface area (Å²) in [4.78, 5) is 25.9. The minimum Gasteiger partial charge on any atom is -0.494 e. The monoisotopic (exact) mass is 469 g/mol. The van der Waals surface area contributed by atoms with Gasteiger partial charge in [0.05, 0.1) is 17.9 Å². The highest BCUT2D eigenvalue weighted by Gasteiger charge is 2.18. The zero-order chi connectivity index (χ0) is 23.8. The van der Waals surface area contributed by atoms with Crippen LogP contribution in [0.1, 0.15) is 41.2 Å². The molecule has 0 radical (unpaired) electrons. The predicted octanol–water partition coefficient (Wildman–Crippen LogP) is 4.21. The summed E-state index contributed by atoms with van der Waals surface area (Å²) in [5, 5.41) is 3.96. The van der Waals surface area contributed by atoms with Crippen LogP contribution >= 0.6 is 11.8 Å². The topological polar surface area (TPSA) is 103 Å². The molecule has 0 spiro atoms. The number of nitrogens with zero attached hydrogens (tertiary/aromatic N) is 1. The second-order valence-corrected chi connectivity index (χ2v) is 8.21. The molecule has 174 valence electrons. The number of thioether (sulfide) groups is 1. The van der Waals surface area contributed by atoms with E-state index in [0.717, 1.165) is 27.7 Å². The third-order valence-electron chi connectivity index (χ3n) is 4.80. The molecule has 9 heteroatoms. The summed E-state index contributed by atoms with van der Waals surface area (Å²) in [6, 6.07) is 14.2. The van der Waals surface area contributed by atoms with Gasteiger partial charge in [0, 0.05) is 16.2 Å². The normalized spacial score (nSPS) is 11.5. The Bertz CT molecular complexity index is 1080. The molecule has 33 heavy (non-hydrogen) atoms. The number of hydrogen-bond donors (Lipinski definition) is 2.